The van der Waals surface area contributed by atoms with Gasteiger partial charge in [0.05, 0.1) is 24.3 Å². The Morgan fingerprint density at radius 1 is 0.658 bits per heavy atom. The molecule has 0 unspecified atom stereocenters. The Bertz CT molecular complexity index is 1560. The highest BCUT2D eigenvalue weighted by Gasteiger charge is 2.26. The summed E-state index contributed by atoms with van der Waals surface area (Å²) >= 11 is 3.27. The predicted molar refractivity (Wildman–Crippen MR) is 156 cm³/mol. The van der Waals surface area contributed by atoms with Gasteiger partial charge in [-0.2, -0.15) is 10.5 Å². The molecule has 2 aliphatic heterocycles. The van der Waals surface area contributed by atoms with Crippen LogP contribution in [0.15, 0.2) is 105 Å². The van der Waals surface area contributed by atoms with Crippen LogP contribution in [0, 0.1) is 22.7 Å². The van der Waals surface area contributed by atoms with Gasteiger partial charge in [-0.05, 0) is 58.5 Å². The Balaban J connectivity index is 0.000000155. The number of hydrogen-bond donors (Lipinski definition) is 0. The molecule has 0 fully saturated rings. The van der Waals surface area contributed by atoms with Crippen LogP contribution in [0.2, 0.25) is 13.6 Å². The number of rotatable bonds is 4. The Kier molecular flexibility index (Phi) is 8.27. The van der Waals surface area contributed by atoms with Crippen LogP contribution in [0.3, 0.4) is 0 Å². The third kappa shape index (κ3) is 5.70. The maximum atomic E-state index is 9.15. The molecule has 184 valence electrons. The summed E-state index contributed by atoms with van der Waals surface area (Å²) in [7, 11) is 0. The summed E-state index contributed by atoms with van der Waals surface area (Å²) in [6.07, 6.45) is 0. The van der Waals surface area contributed by atoms with Gasteiger partial charge >= 0.3 is 13.8 Å². The largest absolute Gasteiger partial charge is 0.427 e. The Labute approximate surface area is 233 Å². The third-order valence-corrected chi connectivity index (χ3v) is 8.78. The molecule has 0 aliphatic carbocycles. The van der Waals surface area contributed by atoms with E-state index in [1.807, 2.05) is 48.5 Å². The first kappa shape index (κ1) is 26.2. The summed E-state index contributed by atoms with van der Waals surface area (Å²) in [4.78, 5) is 4.33. The fraction of sp³-hybridized carbons (Fsp3) is 0.133. The molecule has 2 heterocycles. The molecule has 8 heteroatoms. The molecule has 4 aromatic rings. The molecule has 6 rings (SSSR count). The molecular formula is C30H24B2N2O2S2. The lowest BCUT2D eigenvalue weighted by Gasteiger charge is -2.09. The van der Waals surface area contributed by atoms with Crippen molar-refractivity contribution in [3.63, 3.8) is 0 Å². The van der Waals surface area contributed by atoms with Crippen LogP contribution in [0.5, 0.6) is 0 Å². The van der Waals surface area contributed by atoms with Gasteiger partial charge in [-0.3, -0.25) is 0 Å². The van der Waals surface area contributed by atoms with Gasteiger partial charge in [0, 0.05) is 19.6 Å². The van der Waals surface area contributed by atoms with Gasteiger partial charge in [0.15, 0.2) is 0 Å². The van der Waals surface area contributed by atoms with Crippen molar-refractivity contribution in [2.75, 3.05) is 0 Å². The molecule has 4 nitrogen and oxygen atoms in total. The van der Waals surface area contributed by atoms with Crippen molar-refractivity contribution in [2.45, 2.75) is 46.4 Å². The van der Waals surface area contributed by atoms with Crippen LogP contribution in [0.4, 0.5) is 0 Å². The van der Waals surface area contributed by atoms with Crippen LogP contribution in [-0.2, 0) is 22.5 Å². The molecule has 0 saturated heterocycles. The second kappa shape index (κ2) is 12.0. The van der Waals surface area contributed by atoms with Crippen molar-refractivity contribution in [3.8, 4) is 12.1 Å². The van der Waals surface area contributed by atoms with Crippen LogP contribution in [-0.4, -0.2) is 13.8 Å². The van der Waals surface area contributed by atoms with Crippen LogP contribution in [0.1, 0.15) is 22.3 Å². The summed E-state index contributed by atoms with van der Waals surface area (Å²) in [6.45, 7) is 5.84. The first-order valence-electron chi connectivity index (χ1n) is 12.4. The van der Waals surface area contributed by atoms with Crippen LogP contribution < -0.4 is 10.9 Å². The Hall–Kier alpha value is -3.39. The maximum absolute atomic E-state index is 9.15. The third-order valence-electron chi connectivity index (χ3n) is 6.56. The second-order valence-electron chi connectivity index (χ2n) is 9.02. The Morgan fingerprint density at radius 2 is 1.26 bits per heavy atom. The van der Waals surface area contributed by atoms with Crippen molar-refractivity contribution in [2.24, 2.45) is 0 Å². The highest BCUT2D eigenvalue weighted by Crippen LogP contribution is 2.32. The highest BCUT2D eigenvalue weighted by molar-refractivity contribution is 7.99. The normalized spacial score (nSPS) is 13.2. The van der Waals surface area contributed by atoms with Crippen molar-refractivity contribution < 1.29 is 9.31 Å². The molecule has 0 spiro atoms. The minimum absolute atomic E-state index is 0.132. The van der Waals surface area contributed by atoms with Crippen LogP contribution >= 0.6 is 23.5 Å². The monoisotopic (exact) mass is 530 g/mol. The van der Waals surface area contributed by atoms with E-state index in [1.165, 1.54) is 26.9 Å². The summed E-state index contributed by atoms with van der Waals surface area (Å²) in [5, 5.41) is 18.3. The molecule has 0 bridgehead atoms. The van der Waals surface area contributed by atoms with E-state index in [0.717, 1.165) is 25.8 Å². The van der Waals surface area contributed by atoms with E-state index in [4.69, 9.17) is 19.8 Å². The lowest BCUT2D eigenvalue weighted by atomic mass is 9.64. The molecule has 0 N–H and O–H groups in total. The van der Waals surface area contributed by atoms with Gasteiger partial charge in [0.1, 0.15) is 12.1 Å². The lowest BCUT2D eigenvalue weighted by Crippen LogP contribution is -2.26. The number of fused-ring (bicyclic) bond motifs is 2. The van der Waals surface area contributed by atoms with Crippen molar-refractivity contribution in [3.05, 3.63) is 107 Å². The first-order chi connectivity index (χ1) is 18.6. The molecule has 0 saturated carbocycles. The molecule has 0 aromatic heterocycles. The van der Waals surface area contributed by atoms with Gasteiger partial charge in [0.2, 0.25) is 0 Å². The lowest BCUT2D eigenvalue weighted by molar-refractivity contribution is 0.333. The molecule has 0 atom stereocenters. The number of hydrogen-bond acceptors (Lipinski definition) is 6. The average Bonchev–Trinajstić information content (AvgIpc) is 3.52. The molecule has 4 aromatic carbocycles. The van der Waals surface area contributed by atoms with E-state index < -0.39 is 0 Å². The van der Waals surface area contributed by atoms with Gasteiger partial charge < -0.3 is 9.31 Å². The van der Waals surface area contributed by atoms with Crippen LogP contribution in [0.25, 0.3) is 0 Å². The van der Waals surface area contributed by atoms with E-state index in [2.05, 4.69) is 62.2 Å². The minimum atomic E-state index is 0.132. The minimum Gasteiger partial charge on any atom is -0.427 e. The number of benzene rings is 4. The average molecular weight is 530 g/mol. The van der Waals surface area contributed by atoms with Gasteiger partial charge in [-0.25, -0.2) is 0 Å². The molecule has 0 radical (unpaired) electrons. The van der Waals surface area contributed by atoms with Crippen molar-refractivity contribution in [1.29, 1.82) is 10.5 Å². The topological polar surface area (TPSA) is 66.0 Å². The first-order valence-corrected chi connectivity index (χ1v) is 14.0. The smallest absolute Gasteiger partial charge is 0.325 e. The summed E-state index contributed by atoms with van der Waals surface area (Å²) < 4.78 is 11.3. The number of nitrogens with zero attached hydrogens (tertiary/aromatic N) is 2. The molecule has 2 aliphatic rings. The van der Waals surface area contributed by atoms with E-state index in [9.17, 15) is 0 Å². The summed E-state index contributed by atoms with van der Waals surface area (Å²) in [6, 6.07) is 32.5. The zero-order valence-corrected chi connectivity index (χ0v) is 22.8. The predicted octanol–water partition coefficient (Wildman–Crippen LogP) is 6.14. The zero-order chi connectivity index (χ0) is 26.5. The Morgan fingerprint density at radius 3 is 1.97 bits per heavy atom. The SMILES string of the molecule is CB1OCc2ccc(Sc3ccccc3C#N)cc21.CB1OCc2cccc(Sc3ccccc3C#N)c21. The van der Waals surface area contributed by atoms with E-state index in [1.54, 1.807) is 23.5 Å². The zero-order valence-electron chi connectivity index (χ0n) is 21.2. The fourth-order valence-electron chi connectivity index (χ4n) is 4.56. The van der Waals surface area contributed by atoms with Gasteiger partial charge in [0.25, 0.3) is 0 Å². The van der Waals surface area contributed by atoms with E-state index in [0.29, 0.717) is 13.2 Å². The van der Waals surface area contributed by atoms with Crippen molar-refractivity contribution >= 4 is 48.3 Å². The van der Waals surface area contributed by atoms with Crippen molar-refractivity contribution in [1.82, 2.24) is 0 Å². The van der Waals surface area contributed by atoms with Gasteiger partial charge in [-0.15, -0.1) is 0 Å². The highest BCUT2D eigenvalue weighted by atomic mass is 32.2. The van der Waals surface area contributed by atoms with Gasteiger partial charge in [-0.1, -0.05) is 85.7 Å². The molecule has 38 heavy (non-hydrogen) atoms. The van der Waals surface area contributed by atoms with E-state index >= 15 is 0 Å². The summed E-state index contributed by atoms with van der Waals surface area (Å²) in [5.41, 5.74) is 6.49. The second-order valence-corrected chi connectivity index (χ2v) is 11.2. The molecule has 0 amide bonds. The van der Waals surface area contributed by atoms with E-state index in [-0.39, 0.29) is 13.8 Å². The standard InChI is InChI=1S/2C15H12BNOS/c1-16-15-12(10-18-16)6-4-8-14(15)19-13-7-3-2-5-11(13)9-17;1-16-14-8-13(7-6-12(14)10-18-16)19-15-5-3-2-4-11(15)9-17/h2*2-8H,10H2,1H3. The summed E-state index contributed by atoms with van der Waals surface area (Å²) in [5.74, 6) is 0. The fourth-order valence-corrected chi connectivity index (χ4v) is 6.66. The quantitative estimate of drug-likeness (QED) is 0.296. The number of nitriles is 2. The molecular weight excluding hydrogens is 506 g/mol. The maximum Gasteiger partial charge on any atom is 0.325 e.